The predicted octanol–water partition coefficient (Wildman–Crippen LogP) is 2.55. The van der Waals surface area contributed by atoms with Crippen molar-refractivity contribution in [3.8, 4) is 0 Å². The molecule has 3 aliphatic heterocycles. The van der Waals surface area contributed by atoms with Gasteiger partial charge in [-0.3, -0.25) is 14.5 Å². The average Bonchev–Trinajstić information content (AvgIpc) is 3.23. The molecular formula is C23H33N3O3S. The maximum absolute atomic E-state index is 13.2. The molecule has 3 fully saturated rings. The van der Waals surface area contributed by atoms with Gasteiger partial charge in [0.25, 0.3) is 5.91 Å². The van der Waals surface area contributed by atoms with Crippen LogP contribution in [0.15, 0.2) is 30.3 Å². The van der Waals surface area contributed by atoms with Gasteiger partial charge in [-0.1, -0.05) is 18.2 Å². The van der Waals surface area contributed by atoms with Gasteiger partial charge in [-0.05, 0) is 44.7 Å². The number of benzene rings is 1. The smallest absolute Gasteiger partial charge is 0.255 e. The van der Waals surface area contributed by atoms with E-state index in [1.807, 2.05) is 35.2 Å². The van der Waals surface area contributed by atoms with Gasteiger partial charge < -0.3 is 14.5 Å². The molecule has 3 aliphatic rings. The molecule has 6 nitrogen and oxygen atoms in total. The van der Waals surface area contributed by atoms with Crippen LogP contribution >= 0.6 is 11.8 Å². The van der Waals surface area contributed by atoms with E-state index >= 15 is 0 Å². The van der Waals surface area contributed by atoms with Crippen molar-refractivity contribution >= 4 is 23.6 Å². The van der Waals surface area contributed by atoms with Gasteiger partial charge >= 0.3 is 0 Å². The number of nitrogens with zero attached hydrogens (tertiary/aromatic N) is 3. The Hall–Kier alpha value is -1.57. The summed E-state index contributed by atoms with van der Waals surface area (Å²) >= 11 is 1.67. The molecule has 3 heterocycles. The van der Waals surface area contributed by atoms with Gasteiger partial charge in [0.1, 0.15) is 6.04 Å². The fourth-order valence-electron chi connectivity index (χ4n) is 4.94. The molecule has 0 N–H and O–H groups in total. The van der Waals surface area contributed by atoms with E-state index < -0.39 is 0 Å². The summed E-state index contributed by atoms with van der Waals surface area (Å²) in [7, 11) is 0. The molecule has 7 heteroatoms. The van der Waals surface area contributed by atoms with Crippen molar-refractivity contribution in [2.24, 2.45) is 5.92 Å². The van der Waals surface area contributed by atoms with Crippen LogP contribution in [0.4, 0.5) is 0 Å². The number of carbonyl (C=O) groups is 2. The number of hydrogen-bond donors (Lipinski definition) is 0. The van der Waals surface area contributed by atoms with Crippen molar-refractivity contribution in [3.63, 3.8) is 0 Å². The maximum atomic E-state index is 13.2. The van der Waals surface area contributed by atoms with Gasteiger partial charge in [0.05, 0.1) is 18.1 Å². The van der Waals surface area contributed by atoms with Gasteiger partial charge in [-0.15, -0.1) is 11.8 Å². The molecule has 2 amide bonds. The molecule has 1 aromatic carbocycles. The van der Waals surface area contributed by atoms with Crippen LogP contribution in [0.1, 0.15) is 37.0 Å². The van der Waals surface area contributed by atoms with Gasteiger partial charge in [-0.2, -0.15) is 0 Å². The summed E-state index contributed by atoms with van der Waals surface area (Å²) in [5.41, 5.74) is 0.658. The third kappa shape index (κ3) is 5.01. The van der Waals surface area contributed by atoms with Crippen LogP contribution in [0.3, 0.4) is 0 Å². The number of rotatable bonds is 4. The third-order valence-corrected chi connectivity index (χ3v) is 7.40. The molecule has 3 unspecified atom stereocenters. The molecule has 30 heavy (non-hydrogen) atoms. The minimum atomic E-state index is -0.333. The van der Waals surface area contributed by atoms with E-state index in [2.05, 4.69) is 18.7 Å². The van der Waals surface area contributed by atoms with Crippen LogP contribution in [0.25, 0.3) is 0 Å². The molecule has 4 rings (SSSR count). The Morgan fingerprint density at radius 3 is 2.40 bits per heavy atom. The van der Waals surface area contributed by atoms with Gasteiger partial charge in [-0.25, -0.2) is 0 Å². The highest BCUT2D eigenvalue weighted by atomic mass is 32.2. The number of thioether (sulfide) groups is 1. The van der Waals surface area contributed by atoms with Crippen LogP contribution in [-0.4, -0.2) is 89.1 Å². The zero-order valence-electron chi connectivity index (χ0n) is 18.0. The number of amides is 2. The van der Waals surface area contributed by atoms with Crippen LogP contribution in [0, 0.1) is 5.92 Å². The van der Waals surface area contributed by atoms with Crippen molar-refractivity contribution < 1.29 is 14.3 Å². The Morgan fingerprint density at radius 2 is 1.73 bits per heavy atom. The molecule has 0 saturated carbocycles. The highest BCUT2D eigenvalue weighted by Gasteiger charge is 2.38. The Bertz CT molecular complexity index is 728. The molecule has 0 aliphatic carbocycles. The van der Waals surface area contributed by atoms with E-state index in [1.54, 1.807) is 16.7 Å². The van der Waals surface area contributed by atoms with Crippen molar-refractivity contribution in [1.82, 2.24) is 14.7 Å². The topological polar surface area (TPSA) is 53.1 Å². The molecule has 0 aromatic heterocycles. The summed E-state index contributed by atoms with van der Waals surface area (Å²) in [5.74, 6) is 2.00. The Labute approximate surface area is 183 Å². The molecule has 3 atom stereocenters. The molecule has 0 radical (unpaired) electrons. The van der Waals surface area contributed by atoms with E-state index in [0.717, 1.165) is 45.6 Å². The Morgan fingerprint density at radius 1 is 1.07 bits per heavy atom. The quantitative estimate of drug-likeness (QED) is 0.733. The molecule has 1 aromatic rings. The van der Waals surface area contributed by atoms with E-state index in [9.17, 15) is 9.59 Å². The first-order valence-electron chi connectivity index (χ1n) is 11.1. The number of piperidine rings is 1. The van der Waals surface area contributed by atoms with Crippen LogP contribution in [0.2, 0.25) is 0 Å². The lowest BCUT2D eigenvalue weighted by Gasteiger charge is -2.40. The Kier molecular flexibility index (Phi) is 7.01. The minimum Gasteiger partial charge on any atom is -0.373 e. The first kappa shape index (κ1) is 21.7. The SMILES string of the molecule is CC1CN(CC2CCN(C(=O)C3CSCN3C(=O)c3ccccc3)CC2)CC(C)O1. The lowest BCUT2D eigenvalue weighted by atomic mass is 9.95. The normalized spacial score (nSPS) is 28.7. The van der Waals surface area contributed by atoms with Crippen molar-refractivity contribution in [2.45, 2.75) is 44.9 Å². The summed E-state index contributed by atoms with van der Waals surface area (Å²) in [6, 6.07) is 8.96. The first-order valence-corrected chi connectivity index (χ1v) is 12.3. The molecule has 3 saturated heterocycles. The summed E-state index contributed by atoms with van der Waals surface area (Å²) in [5, 5.41) is 0. The first-order chi connectivity index (χ1) is 14.5. The van der Waals surface area contributed by atoms with Gasteiger partial charge in [0.15, 0.2) is 0 Å². The molecular weight excluding hydrogens is 398 g/mol. The summed E-state index contributed by atoms with van der Waals surface area (Å²) in [6.07, 6.45) is 2.67. The van der Waals surface area contributed by atoms with Crippen molar-refractivity contribution in [2.75, 3.05) is 44.4 Å². The minimum absolute atomic E-state index is 0.0376. The molecule has 0 bridgehead atoms. The standard InChI is InChI=1S/C23H33N3O3S/c1-17-12-24(13-18(2)29-17)14-19-8-10-25(11-9-19)23(28)21-15-30-16-26(21)22(27)20-6-4-3-5-7-20/h3-7,17-19,21H,8-16H2,1-2H3. The van der Waals surface area contributed by atoms with E-state index in [1.165, 1.54) is 0 Å². The van der Waals surface area contributed by atoms with Gasteiger partial charge in [0.2, 0.25) is 5.91 Å². The molecule has 164 valence electrons. The number of carbonyl (C=O) groups excluding carboxylic acids is 2. The summed E-state index contributed by atoms with van der Waals surface area (Å²) in [6.45, 7) is 8.98. The third-order valence-electron chi connectivity index (χ3n) is 6.39. The number of ether oxygens (including phenoxy) is 1. The van der Waals surface area contributed by atoms with Gasteiger partial charge in [0, 0.05) is 44.0 Å². The zero-order valence-corrected chi connectivity index (χ0v) is 18.9. The summed E-state index contributed by atoms with van der Waals surface area (Å²) < 4.78 is 5.84. The lowest BCUT2D eigenvalue weighted by molar-refractivity contribution is -0.136. The second-order valence-corrected chi connectivity index (χ2v) is 9.90. The Balaban J connectivity index is 1.30. The summed E-state index contributed by atoms with van der Waals surface area (Å²) in [4.78, 5) is 32.4. The largest absolute Gasteiger partial charge is 0.373 e. The maximum Gasteiger partial charge on any atom is 0.255 e. The van der Waals surface area contributed by atoms with Crippen LogP contribution < -0.4 is 0 Å². The second-order valence-electron chi connectivity index (χ2n) is 8.90. The number of hydrogen-bond acceptors (Lipinski definition) is 5. The van der Waals surface area contributed by atoms with Crippen LogP contribution in [0.5, 0.6) is 0 Å². The zero-order chi connectivity index (χ0) is 21.1. The van der Waals surface area contributed by atoms with Crippen molar-refractivity contribution in [3.05, 3.63) is 35.9 Å². The fraction of sp³-hybridized carbons (Fsp3) is 0.652. The predicted molar refractivity (Wildman–Crippen MR) is 119 cm³/mol. The average molecular weight is 432 g/mol. The lowest BCUT2D eigenvalue weighted by Crippen LogP contribution is -2.52. The fourth-order valence-corrected chi connectivity index (χ4v) is 6.08. The highest BCUT2D eigenvalue weighted by molar-refractivity contribution is 7.99. The highest BCUT2D eigenvalue weighted by Crippen LogP contribution is 2.27. The molecule has 0 spiro atoms. The monoisotopic (exact) mass is 431 g/mol. The number of likely N-dealkylation sites (tertiary alicyclic amines) is 1. The van der Waals surface area contributed by atoms with E-state index in [-0.39, 0.29) is 17.9 Å². The van der Waals surface area contributed by atoms with E-state index in [0.29, 0.717) is 35.3 Å². The van der Waals surface area contributed by atoms with E-state index in [4.69, 9.17) is 4.74 Å². The van der Waals surface area contributed by atoms with Crippen LogP contribution in [-0.2, 0) is 9.53 Å². The second kappa shape index (κ2) is 9.71. The van der Waals surface area contributed by atoms with Crippen molar-refractivity contribution in [1.29, 1.82) is 0 Å². The number of morpholine rings is 1.